The molecule has 0 aromatic heterocycles. The van der Waals surface area contributed by atoms with E-state index >= 15 is 0 Å². The van der Waals surface area contributed by atoms with Gasteiger partial charge < -0.3 is 15.1 Å². The van der Waals surface area contributed by atoms with Gasteiger partial charge in [0.05, 0.1) is 10.6 Å². The molecule has 2 aliphatic rings. The molecule has 2 N–H and O–H groups in total. The van der Waals surface area contributed by atoms with E-state index in [0.29, 0.717) is 0 Å². The molecule has 0 spiro atoms. The van der Waals surface area contributed by atoms with Crippen molar-refractivity contribution in [2.75, 3.05) is 13.1 Å². The van der Waals surface area contributed by atoms with E-state index in [1.54, 1.807) is 0 Å². The van der Waals surface area contributed by atoms with Crippen LogP contribution in [0.2, 0.25) is 5.02 Å². The van der Waals surface area contributed by atoms with Gasteiger partial charge in [-0.1, -0.05) is 17.7 Å². The number of amides is 1. The number of carboxylic acids is 2. The summed E-state index contributed by atoms with van der Waals surface area (Å²) in [5.74, 6) is -4.16. The molecule has 8 heteroatoms. The number of rotatable bonds is 3. The van der Waals surface area contributed by atoms with E-state index in [2.05, 4.69) is 0 Å². The average Bonchev–Trinajstić information content (AvgIpc) is 3.00. The summed E-state index contributed by atoms with van der Waals surface area (Å²) < 4.78 is 13.9. The normalized spacial score (nSPS) is 29.1. The van der Waals surface area contributed by atoms with E-state index in [1.807, 2.05) is 0 Å². The average molecular weight is 328 g/mol. The van der Waals surface area contributed by atoms with Crippen LogP contribution in [0.4, 0.5) is 4.39 Å². The number of carboxylic acid groups (broad SMARTS) is 2. The number of hydrogen-bond acceptors (Lipinski definition) is 3. The third kappa shape index (κ3) is 1.68. The summed E-state index contributed by atoms with van der Waals surface area (Å²) in [5.41, 5.74) is -3.26. The number of carbonyl (C=O) groups excluding carboxylic acids is 1. The van der Waals surface area contributed by atoms with Crippen molar-refractivity contribution in [2.24, 2.45) is 10.8 Å². The first-order chi connectivity index (χ1) is 10.2. The van der Waals surface area contributed by atoms with Crippen molar-refractivity contribution in [3.8, 4) is 0 Å². The fraction of sp³-hybridized carbons (Fsp3) is 0.357. The summed E-state index contributed by atoms with van der Waals surface area (Å²) in [7, 11) is 0. The molecular formula is C14H11ClFNO5. The number of benzene rings is 1. The van der Waals surface area contributed by atoms with Gasteiger partial charge in [0, 0.05) is 13.1 Å². The molecule has 116 valence electrons. The van der Waals surface area contributed by atoms with Gasteiger partial charge >= 0.3 is 11.9 Å². The zero-order valence-electron chi connectivity index (χ0n) is 11.2. The van der Waals surface area contributed by atoms with Crippen LogP contribution in [-0.4, -0.2) is 46.0 Å². The summed E-state index contributed by atoms with van der Waals surface area (Å²) in [5, 5.41) is 18.4. The van der Waals surface area contributed by atoms with E-state index in [1.165, 1.54) is 18.2 Å². The molecule has 0 unspecified atom stereocenters. The van der Waals surface area contributed by atoms with Gasteiger partial charge in [-0.3, -0.25) is 14.4 Å². The molecule has 2 atom stereocenters. The first-order valence-electron chi connectivity index (χ1n) is 6.45. The Balaban J connectivity index is 1.93. The van der Waals surface area contributed by atoms with Gasteiger partial charge in [-0.15, -0.1) is 0 Å². The largest absolute Gasteiger partial charge is 0.481 e. The summed E-state index contributed by atoms with van der Waals surface area (Å²) in [6, 6.07) is 3.91. The van der Waals surface area contributed by atoms with Crippen LogP contribution in [0.15, 0.2) is 18.2 Å². The zero-order valence-corrected chi connectivity index (χ0v) is 11.9. The smallest absolute Gasteiger partial charge is 0.312 e. The SMILES string of the molecule is O=C(c1cccc(Cl)c1F)N1C[C@@]2(C(=O)O)C[C@@]2(C(=O)O)C1. The minimum atomic E-state index is -1.48. The predicted molar refractivity (Wildman–Crippen MR) is 72.1 cm³/mol. The maximum atomic E-state index is 13.9. The summed E-state index contributed by atoms with van der Waals surface area (Å²) in [6.45, 7) is -0.501. The summed E-state index contributed by atoms with van der Waals surface area (Å²) in [6.07, 6.45) is -0.0214. The highest BCUT2D eigenvalue weighted by Crippen LogP contribution is 2.68. The fourth-order valence-electron chi connectivity index (χ4n) is 3.27. The quantitative estimate of drug-likeness (QED) is 0.877. The van der Waals surface area contributed by atoms with Crippen molar-refractivity contribution >= 4 is 29.4 Å². The lowest BCUT2D eigenvalue weighted by atomic mass is 9.97. The van der Waals surface area contributed by atoms with Crippen LogP contribution in [0.5, 0.6) is 0 Å². The van der Waals surface area contributed by atoms with Gasteiger partial charge in [0.15, 0.2) is 5.82 Å². The molecule has 1 aliphatic carbocycles. The third-order valence-electron chi connectivity index (χ3n) is 4.60. The van der Waals surface area contributed by atoms with Crippen LogP contribution in [0.1, 0.15) is 16.8 Å². The van der Waals surface area contributed by atoms with Crippen LogP contribution < -0.4 is 0 Å². The molecule has 1 saturated carbocycles. The molecule has 0 radical (unpaired) electrons. The number of likely N-dealkylation sites (tertiary alicyclic amines) is 1. The second-order valence-electron chi connectivity index (χ2n) is 5.71. The van der Waals surface area contributed by atoms with Crippen LogP contribution >= 0.6 is 11.6 Å². The summed E-state index contributed by atoms with van der Waals surface area (Å²) in [4.78, 5) is 36.2. The maximum Gasteiger partial charge on any atom is 0.312 e. The number of hydrogen-bond donors (Lipinski definition) is 2. The number of fused-ring (bicyclic) bond motifs is 1. The molecule has 1 aliphatic heterocycles. The number of piperidine rings is 1. The second-order valence-corrected chi connectivity index (χ2v) is 6.12. The Kier molecular flexibility index (Phi) is 2.97. The number of halogens is 2. The zero-order chi connectivity index (χ0) is 16.3. The summed E-state index contributed by atoms with van der Waals surface area (Å²) >= 11 is 5.62. The van der Waals surface area contributed by atoms with Gasteiger partial charge in [0.1, 0.15) is 10.8 Å². The lowest BCUT2D eigenvalue weighted by Crippen LogP contribution is -2.35. The first-order valence-corrected chi connectivity index (χ1v) is 6.83. The van der Waals surface area contributed by atoms with E-state index in [-0.39, 0.29) is 30.1 Å². The van der Waals surface area contributed by atoms with Crippen molar-refractivity contribution in [1.29, 1.82) is 0 Å². The third-order valence-corrected chi connectivity index (χ3v) is 4.90. The highest BCUT2D eigenvalue weighted by atomic mass is 35.5. The molecule has 1 heterocycles. The Bertz CT molecular complexity index is 695. The Labute approximate surface area is 129 Å². The standard InChI is InChI=1S/C14H11ClFNO5/c15-8-3-1-2-7(9(8)16)10(18)17-5-13(11(19)20)4-14(13,6-17)12(21)22/h1-3H,4-6H2,(H,19,20)(H,21,22)/t13-,14+. The minimum absolute atomic E-state index is 0.0214. The van der Waals surface area contributed by atoms with Gasteiger partial charge in [0.2, 0.25) is 0 Å². The fourth-order valence-corrected chi connectivity index (χ4v) is 3.45. The van der Waals surface area contributed by atoms with Crippen molar-refractivity contribution in [2.45, 2.75) is 6.42 Å². The lowest BCUT2D eigenvalue weighted by Gasteiger charge is -2.20. The highest BCUT2D eigenvalue weighted by molar-refractivity contribution is 6.31. The molecule has 1 amide bonds. The van der Waals surface area contributed by atoms with Gasteiger partial charge in [-0.05, 0) is 18.6 Å². The second kappa shape index (κ2) is 4.42. The van der Waals surface area contributed by atoms with E-state index in [9.17, 15) is 29.0 Å². The van der Waals surface area contributed by atoms with Crippen LogP contribution in [0.3, 0.4) is 0 Å². The van der Waals surface area contributed by atoms with E-state index in [0.717, 1.165) is 4.90 Å². The Morgan fingerprint density at radius 1 is 1.14 bits per heavy atom. The first kappa shape index (κ1) is 14.8. The minimum Gasteiger partial charge on any atom is -0.481 e. The highest BCUT2D eigenvalue weighted by Gasteiger charge is 2.81. The van der Waals surface area contributed by atoms with Gasteiger partial charge in [-0.2, -0.15) is 0 Å². The van der Waals surface area contributed by atoms with Crippen molar-refractivity contribution in [3.63, 3.8) is 0 Å². The molecule has 3 rings (SSSR count). The van der Waals surface area contributed by atoms with Crippen LogP contribution in [0, 0.1) is 16.6 Å². The Hall–Kier alpha value is -2.15. The molecule has 1 saturated heterocycles. The predicted octanol–water partition coefficient (Wildman–Crippen LogP) is 1.48. The van der Waals surface area contributed by atoms with Crippen LogP contribution in [0.25, 0.3) is 0 Å². The van der Waals surface area contributed by atoms with Crippen LogP contribution in [-0.2, 0) is 9.59 Å². The molecular weight excluding hydrogens is 317 g/mol. The van der Waals surface area contributed by atoms with Gasteiger partial charge in [-0.25, -0.2) is 4.39 Å². The maximum absolute atomic E-state index is 13.9. The molecule has 1 aromatic rings. The monoisotopic (exact) mass is 327 g/mol. The molecule has 0 bridgehead atoms. The van der Waals surface area contributed by atoms with Crippen molar-refractivity contribution < 1.29 is 29.0 Å². The van der Waals surface area contributed by atoms with Gasteiger partial charge in [0.25, 0.3) is 5.91 Å². The van der Waals surface area contributed by atoms with Crippen molar-refractivity contribution in [3.05, 3.63) is 34.6 Å². The number of carbonyl (C=O) groups is 3. The molecule has 2 fully saturated rings. The number of nitrogens with zero attached hydrogens (tertiary/aromatic N) is 1. The molecule has 6 nitrogen and oxygen atoms in total. The molecule has 22 heavy (non-hydrogen) atoms. The van der Waals surface area contributed by atoms with Crippen molar-refractivity contribution in [1.82, 2.24) is 4.90 Å². The van der Waals surface area contributed by atoms with E-state index < -0.39 is 34.5 Å². The lowest BCUT2D eigenvalue weighted by molar-refractivity contribution is -0.151. The topological polar surface area (TPSA) is 94.9 Å². The number of aliphatic carboxylic acids is 2. The molecule has 1 aromatic carbocycles. The van der Waals surface area contributed by atoms with E-state index in [4.69, 9.17) is 11.6 Å². The Morgan fingerprint density at radius 2 is 1.68 bits per heavy atom. The Morgan fingerprint density at radius 3 is 2.18 bits per heavy atom.